The Morgan fingerprint density at radius 1 is 0.793 bits per heavy atom. The molecule has 29 heavy (non-hydrogen) atoms. The lowest BCUT2D eigenvalue weighted by Gasteiger charge is -2.09. The fourth-order valence-corrected chi connectivity index (χ4v) is 3.16. The Morgan fingerprint density at radius 2 is 1.48 bits per heavy atom. The first kappa shape index (κ1) is 18.8. The summed E-state index contributed by atoms with van der Waals surface area (Å²) in [6.07, 6.45) is 0. The van der Waals surface area contributed by atoms with Crippen LogP contribution in [0.5, 0.6) is 0 Å². The zero-order chi connectivity index (χ0) is 20.2. The first-order chi connectivity index (χ1) is 14.1. The van der Waals surface area contributed by atoms with Gasteiger partial charge in [0.25, 0.3) is 5.91 Å². The number of hydrogen-bond donors (Lipinski definition) is 1. The summed E-state index contributed by atoms with van der Waals surface area (Å²) < 4.78 is 13.2. The maximum absolute atomic E-state index is 13.2. The smallest absolute Gasteiger partial charge is 0.255 e. The van der Waals surface area contributed by atoms with Crippen molar-refractivity contribution in [2.45, 2.75) is 0 Å². The molecule has 3 nitrogen and oxygen atoms in total. The minimum absolute atomic E-state index is 0.238. The highest BCUT2D eigenvalue weighted by Gasteiger charge is 2.09. The standard InChI is InChI=1S/C24H16ClFN2O/c25-19-6-1-5-18(14-19)24(29)27-21-7-2-4-17(15-21)23-9-3-8-22(28-23)16-10-12-20(26)13-11-16/h1-15H,(H,27,29). The average Bonchev–Trinajstić information content (AvgIpc) is 2.74. The second kappa shape index (κ2) is 8.25. The number of pyridine rings is 1. The Kier molecular flexibility index (Phi) is 5.36. The van der Waals surface area contributed by atoms with Gasteiger partial charge in [0.15, 0.2) is 0 Å². The maximum Gasteiger partial charge on any atom is 0.255 e. The molecule has 0 fully saturated rings. The van der Waals surface area contributed by atoms with E-state index in [1.165, 1.54) is 12.1 Å². The number of halogens is 2. The van der Waals surface area contributed by atoms with Crippen LogP contribution >= 0.6 is 11.6 Å². The van der Waals surface area contributed by atoms with Crippen molar-refractivity contribution >= 4 is 23.2 Å². The first-order valence-electron chi connectivity index (χ1n) is 8.99. The number of anilines is 1. The van der Waals surface area contributed by atoms with Crippen LogP contribution in [0.25, 0.3) is 22.5 Å². The summed E-state index contributed by atoms with van der Waals surface area (Å²) in [5.41, 5.74) is 4.33. The predicted octanol–water partition coefficient (Wildman–Crippen LogP) is 6.46. The highest BCUT2D eigenvalue weighted by molar-refractivity contribution is 6.31. The summed E-state index contributed by atoms with van der Waals surface area (Å²) in [5.74, 6) is -0.522. The van der Waals surface area contributed by atoms with E-state index in [0.717, 1.165) is 22.5 Å². The second-order valence-corrected chi connectivity index (χ2v) is 6.90. The third kappa shape index (κ3) is 4.50. The summed E-state index contributed by atoms with van der Waals surface area (Å²) in [4.78, 5) is 17.1. The SMILES string of the molecule is O=C(Nc1cccc(-c2cccc(-c3ccc(F)cc3)n2)c1)c1cccc(Cl)c1. The minimum atomic E-state index is -0.284. The lowest BCUT2D eigenvalue weighted by molar-refractivity contribution is 0.102. The highest BCUT2D eigenvalue weighted by atomic mass is 35.5. The van der Waals surface area contributed by atoms with Gasteiger partial charge in [0.05, 0.1) is 11.4 Å². The van der Waals surface area contributed by atoms with E-state index in [1.54, 1.807) is 36.4 Å². The number of carbonyl (C=O) groups is 1. The fraction of sp³-hybridized carbons (Fsp3) is 0. The van der Waals surface area contributed by atoms with Crippen LogP contribution in [-0.2, 0) is 0 Å². The first-order valence-corrected chi connectivity index (χ1v) is 9.37. The topological polar surface area (TPSA) is 42.0 Å². The van der Waals surface area contributed by atoms with E-state index in [9.17, 15) is 9.18 Å². The van der Waals surface area contributed by atoms with Gasteiger partial charge in [-0.05, 0) is 66.7 Å². The van der Waals surface area contributed by atoms with Gasteiger partial charge in [0.1, 0.15) is 5.82 Å². The van der Waals surface area contributed by atoms with Gasteiger partial charge in [-0.1, -0.05) is 35.9 Å². The fourth-order valence-electron chi connectivity index (χ4n) is 2.97. The zero-order valence-electron chi connectivity index (χ0n) is 15.3. The van der Waals surface area contributed by atoms with Crippen molar-refractivity contribution < 1.29 is 9.18 Å². The predicted molar refractivity (Wildman–Crippen MR) is 114 cm³/mol. The molecule has 4 aromatic rings. The van der Waals surface area contributed by atoms with Gasteiger partial charge >= 0.3 is 0 Å². The molecule has 0 radical (unpaired) electrons. The lowest BCUT2D eigenvalue weighted by atomic mass is 10.1. The number of nitrogens with one attached hydrogen (secondary N) is 1. The molecule has 0 spiro atoms. The molecule has 5 heteroatoms. The molecule has 1 aromatic heterocycles. The number of hydrogen-bond acceptors (Lipinski definition) is 2. The summed E-state index contributed by atoms with van der Waals surface area (Å²) >= 11 is 5.96. The van der Waals surface area contributed by atoms with Crippen molar-refractivity contribution in [2.24, 2.45) is 0 Å². The largest absolute Gasteiger partial charge is 0.322 e. The van der Waals surface area contributed by atoms with E-state index in [4.69, 9.17) is 11.6 Å². The average molecular weight is 403 g/mol. The third-order valence-corrected chi connectivity index (χ3v) is 4.63. The molecule has 0 bridgehead atoms. The summed E-state index contributed by atoms with van der Waals surface area (Å²) in [6.45, 7) is 0. The Balaban J connectivity index is 1.59. The van der Waals surface area contributed by atoms with Crippen LogP contribution in [0.4, 0.5) is 10.1 Å². The van der Waals surface area contributed by atoms with Crippen LogP contribution in [-0.4, -0.2) is 10.9 Å². The van der Waals surface area contributed by atoms with Crippen molar-refractivity contribution in [1.29, 1.82) is 0 Å². The Hall–Kier alpha value is -3.50. The van der Waals surface area contributed by atoms with Crippen LogP contribution in [0.3, 0.4) is 0 Å². The van der Waals surface area contributed by atoms with E-state index in [0.29, 0.717) is 16.3 Å². The van der Waals surface area contributed by atoms with E-state index in [1.807, 2.05) is 42.5 Å². The molecule has 3 aromatic carbocycles. The third-order valence-electron chi connectivity index (χ3n) is 4.39. The highest BCUT2D eigenvalue weighted by Crippen LogP contribution is 2.25. The molecule has 0 aliphatic carbocycles. The molecule has 4 rings (SSSR count). The van der Waals surface area contributed by atoms with Crippen LogP contribution in [0.1, 0.15) is 10.4 Å². The molecule has 1 N–H and O–H groups in total. The van der Waals surface area contributed by atoms with Crippen molar-refractivity contribution in [3.8, 4) is 22.5 Å². The second-order valence-electron chi connectivity index (χ2n) is 6.46. The van der Waals surface area contributed by atoms with Crippen LogP contribution in [0.15, 0.2) is 91.0 Å². The number of rotatable bonds is 4. The van der Waals surface area contributed by atoms with Crippen LogP contribution < -0.4 is 5.32 Å². The van der Waals surface area contributed by atoms with Gasteiger partial charge in [-0.15, -0.1) is 0 Å². The molecule has 0 unspecified atom stereocenters. The number of amides is 1. The molecule has 0 atom stereocenters. The monoisotopic (exact) mass is 402 g/mol. The van der Waals surface area contributed by atoms with Crippen LogP contribution in [0.2, 0.25) is 5.02 Å². The van der Waals surface area contributed by atoms with Crippen molar-refractivity contribution in [3.63, 3.8) is 0 Å². The minimum Gasteiger partial charge on any atom is -0.322 e. The van der Waals surface area contributed by atoms with Crippen molar-refractivity contribution in [2.75, 3.05) is 5.32 Å². The molecular weight excluding hydrogens is 387 g/mol. The number of aromatic nitrogens is 1. The van der Waals surface area contributed by atoms with Gasteiger partial charge in [0.2, 0.25) is 0 Å². The van der Waals surface area contributed by atoms with Gasteiger partial charge in [-0.2, -0.15) is 0 Å². The number of benzene rings is 3. The molecular formula is C24H16ClFN2O. The van der Waals surface area contributed by atoms with E-state index >= 15 is 0 Å². The summed E-state index contributed by atoms with van der Waals surface area (Å²) in [5, 5.41) is 3.39. The normalized spacial score (nSPS) is 10.6. The van der Waals surface area contributed by atoms with E-state index in [2.05, 4.69) is 10.3 Å². The Morgan fingerprint density at radius 3 is 2.24 bits per heavy atom. The summed E-state index contributed by atoms with van der Waals surface area (Å²) in [6, 6.07) is 26.1. The van der Waals surface area contributed by atoms with E-state index in [-0.39, 0.29) is 11.7 Å². The Bertz CT molecular complexity index is 1180. The lowest BCUT2D eigenvalue weighted by Crippen LogP contribution is -2.11. The van der Waals surface area contributed by atoms with E-state index < -0.39 is 0 Å². The molecule has 0 saturated carbocycles. The Labute approximate surface area is 172 Å². The molecule has 142 valence electrons. The van der Waals surface area contributed by atoms with Gasteiger partial charge in [0, 0.05) is 27.4 Å². The van der Waals surface area contributed by atoms with Crippen LogP contribution in [0, 0.1) is 5.82 Å². The van der Waals surface area contributed by atoms with Gasteiger partial charge < -0.3 is 5.32 Å². The van der Waals surface area contributed by atoms with Crippen molar-refractivity contribution in [1.82, 2.24) is 4.98 Å². The molecule has 0 aliphatic rings. The number of nitrogens with zero attached hydrogens (tertiary/aromatic N) is 1. The molecule has 1 heterocycles. The van der Waals surface area contributed by atoms with Gasteiger partial charge in [-0.25, -0.2) is 9.37 Å². The molecule has 0 aliphatic heterocycles. The molecule has 1 amide bonds. The van der Waals surface area contributed by atoms with Crippen molar-refractivity contribution in [3.05, 3.63) is 107 Å². The zero-order valence-corrected chi connectivity index (χ0v) is 16.0. The quantitative estimate of drug-likeness (QED) is 0.425. The summed E-state index contributed by atoms with van der Waals surface area (Å²) in [7, 11) is 0. The molecule has 0 saturated heterocycles. The van der Waals surface area contributed by atoms with Gasteiger partial charge in [-0.3, -0.25) is 4.79 Å². The maximum atomic E-state index is 13.2. The number of carbonyl (C=O) groups excluding carboxylic acids is 1.